The summed E-state index contributed by atoms with van der Waals surface area (Å²) in [4.78, 5) is 27.9. The fraction of sp³-hybridized carbons (Fsp3) is 0.579. The molecule has 1 fully saturated rings. The molecule has 1 aromatic rings. The summed E-state index contributed by atoms with van der Waals surface area (Å²) >= 11 is 0. The molecule has 1 aliphatic rings. The van der Waals surface area contributed by atoms with Gasteiger partial charge in [-0.3, -0.25) is 19.4 Å². The Hall–Kier alpha value is -1.92. The van der Waals surface area contributed by atoms with Crippen LogP contribution in [0.1, 0.15) is 32.3 Å². The molecule has 6 nitrogen and oxygen atoms in total. The number of carbonyl (C=O) groups excluding carboxylic acids is 2. The predicted octanol–water partition coefficient (Wildman–Crippen LogP) is 1.68. The third-order valence-corrected chi connectivity index (χ3v) is 4.12. The van der Waals surface area contributed by atoms with E-state index in [1.807, 2.05) is 26.0 Å². The number of carbonyl (C=O) groups is 2. The standard InChI is InChI=1S/C19H30N4O2/c1-15(2)20-18(24)13-22(3)14-19(25)21-17-8-6-16(7-9-17)12-23-10-4-5-11-23/h6-9,15H,4-5,10-14H2,1-3H3,(H,20,24)(H,21,25). The van der Waals surface area contributed by atoms with Crippen LogP contribution < -0.4 is 10.6 Å². The highest BCUT2D eigenvalue weighted by molar-refractivity contribution is 5.92. The lowest BCUT2D eigenvalue weighted by molar-refractivity contribution is -0.123. The van der Waals surface area contributed by atoms with Gasteiger partial charge in [-0.25, -0.2) is 0 Å². The van der Waals surface area contributed by atoms with E-state index in [1.165, 1.54) is 31.5 Å². The first-order valence-electron chi connectivity index (χ1n) is 9.01. The van der Waals surface area contributed by atoms with Gasteiger partial charge in [-0.1, -0.05) is 12.1 Å². The highest BCUT2D eigenvalue weighted by Gasteiger charge is 2.13. The van der Waals surface area contributed by atoms with Crippen molar-refractivity contribution in [3.63, 3.8) is 0 Å². The number of likely N-dealkylation sites (tertiary alicyclic amines) is 1. The number of amides is 2. The molecule has 6 heteroatoms. The van der Waals surface area contributed by atoms with Gasteiger partial charge in [0.25, 0.3) is 0 Å². The molecule has 0 spiro atoms. The molecule has 25 heavy (non-hydrogen) atoms. The smallest absolute Gasteiger partial charge is 0.238 e. The average Bonchev–Trinajstić information content (AvgIpc) is 3.00. The summed E-state index contributed by atoms with van der Waals surface area (Å²) in [5.41, 5.74) is 2.05. The molecule has 1 heterocycles. The van der Waals surface area contributed by atoms with E-state index in [1.54, 1.807) is 11.9 Å². The van der Waals surface area contributed by atoms with Gasteiger partial charge in [0.15, 0.2) is 0 Å². The normalized spacial score (nSPS) is 14.9. The third kappa shape index (κ3) is 7.23. The first kappa shape index (κ1) is 19.4. The molecule has 2 N–H and O–H groups in total. The fourth-order valence-electron chi connectivity index (χ4n) is 3.01. The Kier molecular flexibility index (Phi) is 7.40. The van der Waals surface area contributed by atoms with Gasteiger partial charge in [-0.05, 0) is 64.5 Å². The molecule has 0 bridgehead atoms. The highest BCUT2D eigenvalue weighted by Crippen LogP contribution is 2.15. The van der Waals surface area contributed by atoms with Gasteiger partial charge in [0.1, 0.15) is 0 Å². The van der Waals surface area contributed by atoms with Crippen LogP contribution in [0.25, 0.3) is 0 Å². The van der Waals surface area contributed by atoms with Crippen molar-refractivity contribution in [1.82, 2.24) is 15.1 Å². The predicted molar refractivity (Wildman–Crippen MR) is 100 cm³/mol. The molecule has 0 aromatic heterocycles. The van der Waals surface area contributed by atoms with Crippen LogP contribution in [0.5, 0.6) is 0 Å². The number of likely N-dealkylation sites (N-methyl/N-ethyl adjacent to an activating group) is 1. The molecule has 0 aliphatic carbocycles. The van der Waals surface area contributed by atoms with Gasteiger partial charge in [0.2, 0.25) is 11.8 Å². The van der Waals surface area contributed by atoms with Crippen molar-refractivity contribution >= 4 is 17.5 Å². The molecule has 138 valence electrons. The Bertz CT molecular complexity index is 565. The molecule has 1 aliphatic heterocycles. The molecule has 2 rings (SSSR count). The molecular weight excluding hydrogens is 316 g/mol. The Morgan fingerprint density at radius 1 is 1.08 bits per heavy atom. The third-order valence-electron chi connectivity index (χ3n) is 4.12. The van der Waals surface area contributed by atoms with Crippen LogP contribution in [-0.2, 0) is 16.1 Å². The maximum Gasteiger partial charge on any atom is 0.238 e. The molecule has 1 aromatic carbocycles. The summed E-state index contributed by atoms with van der Waals surface area (Å²) in [5, 5.41) is 5.70. The Morgan fingerprint density at radius 2 is 1.68 bits per heavy atom. The topological polar surface area (TPSA) is 64.7 Å². The number of anilines is 1. The van der Waals surface area contributed by atoms with Crippen molar-refractivity contribution in [3.05, 3.63) is 29.8 Å². The van der Waals surface area contributed by atoms with Gasteiger partial charge < -0.3 is 10.6 Å². The molecule has 0 radical (unpaired) electrons. The van der Waals surface area contributed by atoms with Crippen molar-refractivity contribution in [2.24, 2.45) is 0 Å². The first-order valence-corrected chi connectivity index (χ1v) is 9.01. The number of nitrogens with one attached hydrogen (secondary N) is 2. The van der Waals surface area contributed by atoms with Crippen molar-refractivity contribution in [2.45, 2.75) is 39.3 Å². The minimum absolute atomic E-state index is 0.0726. The van der Waals surface area contributed by atoms with Crippen molar-refractivity contribution in [1.29, 1.82) is 0 Å². The molecule has 0 unspecified atom stereocenters. The minimum Gasteiger partial charge on any atom is -0.353 e. The van der Waals surface area contributed by atoms with Crippen LogP contribution in [0, 0.1) is 0 Å². The summed E-state index contributed by atoms with van der Waals surface area (Å²) < 4.78 is 0. The van der Waals surface area contributed by atoms with Gasteiger partial charge in [0.05, 0.1) is 13.1 Å². The number of nitrogens with zero attached hydrogens (tertiary/aromatic N) is 2. The summed E-state index contributed by atoms with van der Waals surface area (Å²) in [6.07, 6.45) is 2.58. The van der Waals surface area contributed by atoms with E-state index >= 15 is 0 Å². The zero-order valence-corrected chi connectivity index (χ0v) is 15.5. The van der Waals surface area contributed by atoms with Gasteiger partial charge in [-0.2, -0.15) is 0 Å². The van der Waals surface area contributed by atoms with Crippen LogP contribution >= 0.6 is 0 Å². The van der Waals surface area contributed by atoms with E-state index in [0.717, 1.165) is 12.2 Å². The lowest BCUT2D eigenvalue weighted by atomic mass is 10.2. The second-order valence-electron chi connectivity index (χ2n) is 7.12. The largest absolute Gasteiger partial charge is 0.353 e. The zero-order valence-electron chi connectivity index (χ0n) is 15.5. The SMILES string of the molecule is CC(C)NC(=O)CN(C)CC(=O)Nc1ccc(CN2CCCC2)cc1. The van der Waals surface area contributed by atoms with Crippen LogP contribution in [0.4, 0.5) is 5.69 Å². The van der Waals surface area contributed by atoms with E-state index in [-0.39, 0.29) is 30.9 Å². The van der Waals surface area contributed by atoms with Crippen LogP contribution in [0.15, 0.2) is 24.3 Å². The molecule has 0 atom stereocenters. The van der Waals surface area contributed by atoms with E-state index in [4.69, 9.17) is 0 Å². The number of hydrogen-bond acceptors (Lipinski definition) is 4. The molecule has 0 saturated carbocycles. The fourth-order valence-corrected chi connectivity index (χ4v) is 3.01. The zero-order chi connectivity index (χ0) is 18.2. The minimum atomic E-state index is -0.118. The van der Waals surface area contributed by atoms with E-state index in [0.29, 0.717) is 0 Å². The maximum atomic E-state index is 12.1. The quantitative estimate of drug-likeness (QED) is 0.752. The van der Waals surface area contributed by atoms with Gasteiger partial charge in [-0.15, -0.1) is 0 Å². The second-order valence-corrected chi connectivity index (χ2v) is 7.12. The van der Waals surface area contributed by atoms with Gasteiger partial charge >= 0.3 is 0 Å². The summed E-state index contributed by atoms with van der Waals surface area (Å²) in [6, 6.07) is 8.11. The molecule has 2 amide bonds. The van der Waals surface area contributed by atoms with Crippen LogP contribution in [-0.4, -0.2) is 60.9 Å². The number of benzene rings is 1. The summed E-state index contributed by atoms with van der Waals surface area (Å²) in [6.45, 7) is 7.55. The van der Waals surface area contributed by atoms with E-state index in [9.17, 15) is 9.59 Å². The van der Waals surface area contributed by atoms with Crippen LogP contribution in [0.3, 0.4) is 0 Å². The maximum absolute atomic E-state index is 12.1. The Balaban J connectivity index is 1.74. The number of hydrogen-bond donors (Lipinski definition) is 2. The van der Waals surface area contributed by atoms with E-state index in [2.05, 4.69) is 27.7 Å². The monoisotopic (exact) mass is 346 g/mol. The van der Waals surface area contributed by atoms with Gasteiger partial charge in [0, 0.05) is 18.3 Å². The summed E-state index contributed by atoms with van der Waals surface area (Å²) in [5.74, 6) is -0.191. The lowest BCUT2D eigenvalue weighted by Gasteiger charge is -2.17. The van der Waals surface area contributed by atoms with E-state index < -0.39 is 0 Å². The van der Waals surface area contributed by atoms with Crippen molar-refractivity contribution in [2.75, 3.05) is 38.5 Å². The van der Waals surface area contributed by atoms with Crippen LogP contribution in [0.2, 0.25) is 0 Å². The number of rotatable bonds is 8. The average molecular weight is 346 g/mol. The molecule has 1 saturated heterocycles. The second kappa shape index (κ2) is 9.53. The molecular formula is C19H30N4O2. The Labute approximate surface area is 150 Å². The lowest BCUT2D eigenvalue weighted by Crippen LogP contribution is -2.41. The first-order chi connectivity index (χ1) is 11.9. The van der Waals surface area contributed by atoms with Crippen molar-refractivity contribution < 1.29 is 9.59 Å². The van der Waals surface area contributed by atoms with Crippen molar-refractivity contribution in [3.8, 4) is 0 Å². The highest BCUT2D eigenvalue weighted by atomic mass is 16.2. The Morgan fingerprint density at radius 3 is 2.28 bits per heavy atom. The summed E-state index contributed by atoms with van der Waals surface area (Å²) in [7, 11) is 1.76.